The summed E-state index contributed by atoms with van der Waals surface area (Å²) in [5.41, 5.74) is -0.166. The van der Waals surface area contributed by atoms with Crippen LogP contribution in [0, 0.1) is 0 Å². The largest absolute Gasteiger partial charge is 0.413 e. The van der Waals surface area contributed by atoms with E-state index in [9.17, 15) is 13.2 Å². The van der Waals surface area contributed by atoms with E-state index in [4.69, 9.17) is 0 Å². The van der Waals surface area contributed by atoms with Crippen molar-refractivity contribution < 1.29 is 13.2 Å². The van der Waals surface area contributed by atoms with Crippen LogP contribution < -0.4 is 0 Å². The van der Waals surface area contributed by atoms with Crippen LogP contribution in [0.4, 0.5) is 13.2 Å². The van der Waals surface area contributed by atoms with Crippen LogP contribution in [0.3, 0.4) is 0 Å². The summed E-state index contributed by atoms with van der Waals surface area (Å²) < 4.78 is 38.2. The van der Waals surface area contributed by atoms with Gasteiger partial charge in [-0.25, -0.2) is 0 Å². The minimum absolute atomic E-state index is 0.522. The number of hydrogen-bond donors (Lipinski definition) is 0. The smallest absolute Gasteiger partial charge is 0.293 e. The maximum Gasteiger partial charge on any atom is 0.413 e. The maximum atomic E-state index is 12.7. The molecule has 0 radical (unpaired) electrons. The Morgan fingerprint density at radius 1 is 1.06 bits per heavy atom. The molecule has 0 bridgehead atoms. The highest BCUT2D eigenvalue weighted by atomic mass is 19.4. The summed E-state index contributed by atoms with van der Waals surface area (Å²) in [4.78, 5) is 1.87. The predicted octanol–water partition coefficient (Wildman–Crippen LogP) is 3.93. The van der Waals surface area contributed by atoms with Gasteiger partial charge in [-0.2, -0.15) is 13.2 Å². The zero-order valence-electron chi connectivity index (χ0n) is 10.3. The fraction of sp³-hybridized carbons (Fsp3) is 0.692. The zero-order valence-corrected chi connectivity index (χ0v) is 10.3. The van der Waals surface area contributed by atoms with E-state index in [-0.39, 0.29) is 0 Å². The fourth-order valence-corrected chi connectivity index (χ4v) is 2.34. The van der Waals surface area contributed by atoms with Gasteiger partial charge in [0.25, 0.3) is 0 Å². The average molecular weight is 247 g/mol. The minimum Gasteiger partial charge on any atom is -0.293 e. The van der Waals surface area contributed by atoms with Gasteiger partial charge >= 0.3 is 6.18 Å². The molecule has 0 aromatic rings. The van der Waals surface area contributed by atoms with Crippen LogP contribution in [-0.4, -0.2) is 30.2 Å². The molecule has 1 nitrogen and oxygen atoms in total. The van der Waals surface area contributed by atoms with Gasteiger partial charge in [0.2, 0.25) is 0 Å². The number of rotatable bonds is 3. The molecule has 1 aliphatic rings. The number of alkyl halides is 3. The monoisotopic (exact) mass is 247 g/mol. The predicted molar refractivity (Wildman–Crippen MR) is 63.8 cm³/mol. The third-order valence-corrected chi connectivity index (χ3v) is 3.17. The molecular weight excluding hydrogens is 227 g/mol. The first kappa shape index (κ1) is 14.3. The van der Waals surface area contributed by atoms with E-state index in [1.54, 1.807) is 6.92 Å². The van der Waals surface area contributed by atoms with E-state index in [1.807, 2.05) is 4.90 Å². The lowest BCUT2D eigenvalue weighted by molar-refractivity contribution is -0.0992. The number of likely N-dealkylation sites (tertiary alicyclic amines) is 1. The lowest BCUT2D eigenvalue weighted by atomic mass is 9.99. The molecule has 0 spiro atoms. The topological polar surface area (TPSA) is 3.24 Å². The van der Waals surface area contributed by atoms with Gasteiger partial charge in [-0.15, -0.1) is 0 Å². The minimum atomic E-state index is -4.34. The van der Waals surface area contributed by atoms with Gasteiger partial charge in [0.05, 0.1) is 6.04 Å². The van der Waals surface area contributed by atoms with Crippen LogP contribution in [0.15, 0.2) is 24.3 Å². The van der Waals surface area contributed by atoms with Crippen LogP contribution in [0.2, 0.25) is 0 Å². The Morgan fingerprint density at radius 2 is 1.53 bits per heavy atom. The molecule has 0 N–H and O–H groups in total. The van der Waals surface area contributed by atoms with E-state index < -0.39 is 17.8 Å². The van der Waals surface area contributed by atoms with Gasteiger partial charge in [0.15, 0.2) is 0 Å². The van der Waals surface area contributed by atoms with Gasteiger partial charge in [-0.1, -0.05) is 31.6 Å². The summed E-state index contributed by atoms with van der Waals surface area (Å²) >= 11 is 0. The molecule has 0 aromatic heterocycles. The molecule has 1 aliphatic heterocycles. The van der Waals surface area contributed by atoms with E-state index >= 15 is 0 Å². The lowest BCUT2D eigenvalue weighted by Crippen LogP contribution is -2.41. The fourth-order valence-electron chi connectivity index (χ4n) is 2.34. The van der Waals surface area contributed by atoms with Crippen molar-refractivity contribution in [2.75, 3.05) is 13.1 Å². The SMILES string of the molecule is C=C(C)C(C(=C)C(F)(F)F)N1CCCCCC1. The van der Waals surface area contributed by atoms with Gasteiger partial charge < -0.3 is 0 Å². The molecule has 1 saturated heterocycles. The number of halogens is 3. The Morgan fingerprint density at radius 3 is 1.88 bits per heavy atom. The van der Waals surface area contributed by atoms with Crippen molar-refractivity contribution in [2.45, 2.75) is 44.8 Å². The third kappa shape index (κ3) is 3.87. The summed E-state index contributed by atoms with van der Waals surface area (Å²) in [6.45, 7) is 9.97. The second kappa shape index (κ2) is 5.71. The molecule has 1 heterocycles. The molecule has 4 heteroatoms. The van der Waals surface area contributed by atoms with Crippen molar-refractivity contribution in [3.63, 3.8) is 0 Å². The lowest BCUT2D eigenvalue weighted by Gasteiger charge is -2.33. The highest BCUT2D eigenvalue weighted by molar-refractivity contribution is 5.24. The highest BCUT2D eigenvalue weighted by Crippen LogP contribution is 2.32. The Kier molecular flexibility index (Phi) is 4.80. The van der Waals surface area contributed by atoms with E-state index in [0.717, 1.165) is 25.7 Å². The first-order chi connectivity index (χ1) is 7.84. The molecule has 1 fully saturated rings. The first-order valence-electron chi connectivity index (χ1n) is 5.99. The molecule has 0 aliphatic carbocycles. The highest BCUT2D eigenvalue weighted by Gasteiger charge is 2.39. The second-order valence-corrected chi connectivity index (χ2v) is 4.72. The van der Waals surface area contributed by atoms with Crippen LogP contribution in [0.1, 0.15) is 32.6 Å². The van der Waals surface area contributed by atoms with E-state index in [2.05, 4.69) is 13.2 Å². The van der Waals surface area contributed by atoms with Crippen LogP contribution in [0.5, 0.6) is 0 Å². The molecule has 17 heavy (non-hydrogen) atoms. The second-order valence-electron chi connectivity index (χ2n) is 4.72. The molecule has 0 saturated carbocycles. The quantitative estimate of drug-likeness (QED) is 0.683. The van der Waals surface area contributed by atoms with Crippen molar-refractivity contribution in [2.24, 2.45) is 0 Å². The van der Waals surface area contributed by atoms with Crippen molar-refractivity contribution >= 4 is 0 Å². The molecule has 1 rings (SSSR count). The molecule has 98 valence electrons. The maximum absolute atomic E-state index is 12.7. The molecule has 0 amide bonds. The summed E-state index contributed by atoms with van der Waals surface area (Å²) in [6, 6.07) is -0.756. The molecule has 1 atom stereocenters. The molecule has 0 aromatic carbocycles. The van der Waals surface area contributed by atoms with E-state index in [1.165, 1.54) is 0 Å². The number of nitrogens with zero attached hydrogens (tertiary/aromatic N) is 1. The van der Waals surface area contributed by atoms with Gasteiger partial charge in [0.1, 0.15) is 0 Å². The first-order valence-corrected chi connectivity index (χ1v) is 5.99. The molecular formula is C13H20F3N. The zero-order chi connectivity index (χ0) is 13.1. The van der Waals surface area contributed by atoms with Gasteiger partial charge in [-0.05, 0) is 32.9 Å². The van der Waals surface area contributed by atoms with Crippen LogP contribution in [0.25, 0.3) is 0 Å². The Balaban J connectivity index is 2.84. The van der Waals surface area contributed by atoms with Crippen LogP contribution >= 0.6 is 0 Å². The van der Waals surface area contributed by atoms with E-state index in [0.29, 0.717) is 18.7 Å². The average Bonchev–Trinajstić information content (AvgIpc) is 2.44. The number of hydrogen-bond acceptors (Lipinski definition) is 1. The Hall–Kier alpha value is -0.770. The Labute approximate surface area is 101 Å². The van der Waals surface area contributed by atoms with Crippen molar-refractivity contribution in [1.82, 2.24) is 4.90 Å². The van der Waals surface area contributed by atoms with Crippen molar-refractivity contribution in [1.29, 1.82) is 0 Å². The Bertz CT molecular complexity index is 286. The van der Waals surface area contributed by atoms with Crippen LogP contribution in [-0.2, 0) is 0 Å². The molecule has 1 unspecified atom stereocenters. The standard InChI is InChI=1S/C13H20F3N/c1-10(2)12(11(3)13(14,15)16)17-8-6-4-5-7-9-17/h12H,1,3-9H2,2H3. The van der Waals surface area contributed by atoms with Crippen molar-refractivity contribution in [3.8, 4) is 0 Å². The van der Waals surface area contributed by atoms with Gasteiger partial charge in [0, 0.05) is 5.57 Å². The van der Waals surface area contributed by atoms with Gasteiger partial charge in [-0.3, -0.25) is 4.90 Å². The summed E-state index contributed by atoms with van der Waals surface area (Å²) in [6.07, 6.45) is -0.241. The summed E-state index contributed by atoms with van der Waals surface area (Å²) in [5.74, 6) is 0. The van der Waals surface area contributed by atoms with Crippen molar-refractivity contribution in [3.05, 3.63) is 24.3 Å². The normalized spacial score (nSPS) is 20.7. The summed E-state index contributed by atoms with van der Waals surface area (Å²) in [7, 11) is 0. The third-order valence-electron chi connectivity index (χ3n) is 3.17. The summed E-state index contributed by atoms with van der Waals surface area (Å²) in [5, 5.41) is 0.